The number of thiazole rings is 1. The van der Waals surface area contributed by atoms with E-state index in [0.717, 1.165) is 19.6 Å². The van der Waals surface area contributed by atoms with E-state index >= 15 is 0 Å². The van der Waals surface area contributed by atoms with Crippen LogP contribution in [0.15, 0.2) is 24.2 Å². The Balaban J connectivity index is 0.00000180. The number of halogens is 2. The van der Waals surface area contributed by atoms with Gasteiger partial charge in [-0.15, -0.1) is 0 Å². The molecule has 3 nitrogen and oxygen atoms in total. The molecule has 0 N–H and O–H groups in total. The fraction of sp³-hybridized carbons (Fsp3) is 0.571. The summed E-state index contributed by atoms with van der Waals surface area (Å²) in [5, 5.41) is 0. The van der Waals surface area contributed by atoms with Crippen LogP contribution in [0.25, 0.3) is 0 Å². The van der Waals surface area contributed by atoms with Crippen LogP contribution in [0.2, 0.25) is 0 Å². The summed E-state index contributed by atoms with van der Waals surface area (Å²) >= 11 is 1.83. The van der Waals surface area contributed by atoms with Crippen molar-refractivity contribution >= 4 is 11.3 Å². The van der Waals surface area contributed by atoms with Crippen molar-refractivity contribution in [3.05, 3.63) is 34.8 Å². The topological polar surface area (TPSA) is 12.7 Å². The molecule has 0 spiro atoms. The van der Waals surface area contributed by atoms with E-state index in [1.54, 1.807) is 0 Å². The van der Waals surface area contributed by atoms with Crippen LogP contribution in [-0.4, -0.2) is 4.57 Å². The molecule has 0 radical (unpaired) electrons. The highest BCUT2D eigenvalue weighted by Gasteiger charge is 2.13. The Morgan fingerprint density at radius 3 is 2.55 bits per heavy atom. The van der Waals surface area contributed by atoms with Crippen molar-refractivity contribution in [3.8, 4) is 0 Å². The SMILES string of the molecule is CCCC[n+]1ccn(CC[n+]2csc(C)c2C)c1.[Br-].[Br-]. The second-order valence-corrected chi connectivity index (χ2v) is 5.86. The van der Waals surface area contributed by atoms with Crippen molar-refractivity contribution in [2.24, 2.45) is 0 Å². The standard InChI is InChI=1S/C14H23N3S.2BrH/c1-4-5-6-15-7-8-16(11-15)9-10-17-12-18-14(3)13(17)2;;/h7-8,11-12H,4-6,9-10H2,1-3H3;2*1H/q+2;;/p-2. The average molecular weight is 425 g/mol. The Morgan fingerprint density at radius 2 is 1.95 bits per heavy atom. The highest BCUT2D eigenvalue weighted by Crippen LogP contribution is 2.07. The minimum Gasteiger partial charge on any atom is -1.00 e. The zero-order valence-corrected chi connectivity index (χ0v) is 16.3. The highest BCUT2D eigenvalue weighted by atomic mass is 79.9. The molecule has 0 aliphatic heterocycles. The first-order chi connectivity index (χ1) is 8.70. The lowest BCUT2D eigenvalue weighted by Crippen LogP contribution is -3.00. The third-order valence-corrected chi connectivity index (χ3v) is 4.42. The van der Waals surface area contributed by atoms with E-state index < -0.39 is 0 Å². The van der Waals surface area contributed by atoms with Gasteiger partial charge in [0, 0.05) is 6.92 Å². The average Bonchev–Trinajstić information content (AvgIpc) is 2.94. The number of hydrogen-bond acceptors (Lipinski definition) is 1. The Labute approximate surface area is 146 Å². The van der Waals surface area contributed by atoms with Crippen molar-refractivity contribution in [1.29, 1.82) is 0 Å². The number of imidazole rings is 1. The zero-order valence-electron chi connectivity index (χ0n) is 12.4. The smallest absolute Gasteiger partial charge is 0.243 e. The molecule has 0 aromatic carbocycles. The van der Waals surface area contributed by atoms with Gasteiger partial charge in [-0.05, 0) is 13.3 Å². The molecule has 0 atom stereocenters. The van der Waals surface area contributed by atoms with E-state index in [1.807, 2.05) is 11.3 Å². The van der Waals surface area contributed by atoms with Crippen LogP contribution in [0.5, 0.6) is 0 Å². The van der Waals surface area contributed by atoms with Crippen LogP contribution in [0.1, 0.15) is 30.3 Å². The van der Waals surface area contributed by atoms with Gasteiger partial charge in [-0.3, -0.25) is 0 Å². The first kappa shape index (κ1) is 19.8. The fourth-order valence-corrected chi connectivity index (χ4v) is 2.83. The van der Waals surface area contributed by atoms with E-state index in [4.69, 9.17) is 0 Å². The van der Waals surface area contributed by atoms with Gasteiger partial charge in [0.05, 0.1) is 11.4 Å². The van der Waals surface area contributed by atoms with E-state index in [9.17, 15) is 0 Å². The molecule has 0 fully saturated rings. The summed E-state index contributed by atoms with van der Waals surface area (Å²) in [4.78, 5) is 1.42. The molecule has 2 aromatic heterocycles. The van der Waals surface area contributed by atoms with Gasteiger partial charge in [0.1, 0.15) is 18.9 Å². The number of unbranched alkanes of at least 4 members (excludes halogenated alkanes) is 1. The van der Waals surface area contributed by atoms with Gasteiger partial charge in [-0.1, -0.05) is 24.7 Å². The Bertz CT molecular complexity index is 508. The number of rotatable bonds is 6. The van der Waals surface area contributed by atoms with E-state index in [2.05, 4.69) is 58.7 Å². The molecule has 0 aliphatic rings. The maximum Gasteiger partial charge on any atom is 0.243 e. The molecule has 0 amide bonds. The molecule has 114 valence electrons. The summed E-state index contributed by atoms with van der Waals surface area (Å²) < 4.78 is 6.89. The second kappa shape index (κ2) is 9.68. The van der Waals surface area contributed by atoms with Crippen LogP contribution in [0.3, 0.4) is 0 Å². The Kier molecular flexibility index (Phi) is 9.59. The number of aromatic nitrogens is 3. The molecule has 0 saturated heterocycles. The minimum atomic E-state index is 0. The van der Waals surface area contributed by atoms with Crippen molar-refractivity contribution in [1.82, 2.24) is 4.57 Å². The maximum atomic E-state index is 2.34. The van der Waals surface area contributed by atoms with Crippen LogP contribution in [-0.2, 0) is 19.6 Å². The van der Waals surface area contributed by atoms with Crippen LogP contribution in [0.4, 0.5) is 0 Å². The molecule has 2 aromatic rings. The largest absolute Gasteiger partial charge is 1.00 e. The molecule has 6 heteroatoms. The number of aryl methyl sites for hydroxylation is 4. The van der Waals surface area contributed by atoms with Crippen molar-refractivity contribution < 1.29 is 43.1 Å². The Morgan fingerprint density at radius 1 is 1.20 bits per heavy atom. The first-order valence-electron chi connectivity index (χ1n) is 6.69. The molecular weight excluding hydrogens is 402 g/mol. The van der Waals surface area contributed by atoms with Crippen LogP contribution < -0.4 is 43.1 Å². The molecule has 0 saturated carbocycles. The molecule has 0 bridgehead atoms. The number of hydrogen-bond donors (Lipinski definition) is 0. The van der Waals surface area contributed by atoms with Gasteiger partial charge in [0.15, 0.2) is 12.2 Å². The predicted octanol–water partition coefficient (Wildman–Crippen LogP) is -3.75. The summed E-state index contributed by atoms with van der Waals surface area (Å²) in [7, 11) is 0. The van der Waals surface area contributed by atoms with Crippen molar-refractivity contribution in [2.45, 2.75) is 53.2 Å². The Hall–Kier alpha value is -0.200. The van der Waals surface area contributed by atoms with Gasteiger partial charge in [-0.25, -0.2) is 9.13 Å². The first-order valence-corrected chi connectivity index (χ1v) is 7.57. The van der Waals surface area contributed by atoms with E-state index in [-0.39, 0.29) is 34.0 Å². The monoisotopic (exact) mass is 423 g/mol. The predicted molar refractivity (Wildman–Crippen MR) is 73.5 cm³/mol. The van der Waals surface area contributed by atoms with Crippen molar-refractivity contribution in [3.63, 3.8) is 0 Å². The van der Waals surface area contributed by atoms with E-state index in [1.165, 1.54) is 23.4 Å². The quantitative estimate of drug-likeness (QED) is 0.422. The van der Waals surface area contributed by atoms with Gasteiger partial charge in [0.25, 0.3) is 0 Å². The van der Waals surface area contributed by atoms with E-state index in [0.29, 0.717) is 0 Å². The maximum absolute atomic E-state index is 2.34. The summed E-state index contributed by atoms with van der Waals surface area (Å²) in [5.74, 6) is 0. The summed E-state index contributed by atoms with van der Waals surface area (Å²) in [6, 6.07) is 0. The van der Waals surface area contributed by atoms with Gasteiger partial charge < -0.3 is 34.0 Å². The van der Waals surface area contributed by atoms with Gasteiger partial charge in [-0.2, -0.15) is 4.57 Å². The summed E-state index contributed by atoms with van der Waals surface area (Å²) in [6.45, 7) is 9.84. The van der Waals surface area contributed by atoms with Gasteiger partial charge >= 0.3 is 0 Å². The van der Waals surface area contributed by atoms with Crippen LogP contribution >= 0.6 is 11.3 Å². The molecule has 20 heavy (non-hydrogen) atoms. The summed E-state index contributed by atoms with van der Waals surface area (Å²) in [5.41, 5.74) is 3.62. The lowest BCUT2D eigenvalue weighted by molar-refractivity contribution is -0.703. The van der Waals surface area contributed by atoms with Crippen molar-refractivity contribution in [2.75, 3.05) is 0 Å². The highest BCUT2D eigenvalue weighted by molar-refractivity contribution is 7.09. The fourth-order valence-electron chi connectivity index (χ4n) is 2.00. The third kappa shape index (κ3) is 5.30. The number of nitrogens with zero attached hydrogens (tertiary/aromatic N) is 3. The lowest BCUT2D eigenvalue weighted by atomic mass is 10.3. The lowest BCUT2D eigenvalue weighted by Gasteiger charge is -1.95. The molecule has 0 aliphatic carbocycles. The molecule has 0 unspecified atom stereocenters. The molecule has 2 rings (SSSR count). The second-order valence-electron chi connectivity index (χ2n) is 4.80. The zero-order chi connectivity index (χ0) is 13.0. The van der Waals surface area contributed by atoms with Crippen LogP contribution in [0, 0.1) is 13.8 Å². The molecule has 2 heterocycles. The van der Waals surface area contributed by atoms with Gasteiger partial charge in [0.2, 0.25) is 11.8 Å². The molecular formula is C14H23Br2N3S. The minimum absolute atomic E-state index is 0. The summed E-state index contributed by atoms with van der Waals surface area (Å²) in [6.07, 6.45) is 9.06. The third-order valence-electron chi connectivity index (χ3n) is 3.41. The normalized spacial score (nSPS) is 9.95.